The third-order valence-electron chi connectivity index (χ3n) is 6.93. The molecule has 0 bridgehead atoms. The molecule has 186 valence electrons. The van der Waals surface area contributed by atoms with Gasteiger partial charge in [0.15, 0.2) is 0 Å². The number of hydrogen-bond acceptors (Lipinski definition) is 7. The Kier molecular flexibility index (Phi) is 8.62. The Hall–Kier alpha value is -2.38. The van der Waals surface area contributed by atoms with Gasteiger partial charge in [-0.3, -0.25) is 0 Å². The molecule has 7 nitrogen and oxygen atoms in total. The van der Waals surface area contributed by atoms with Crippen molar-refractivity contribution in [3.63, 3.8) is 0 Å². The van der Waals surface area contributed by atoms with Crippen LogP contribution in [-0.2, 0) is 13.0 Å². The van der Waals surface area contributed by atoms with Crippen molar-refractivity contribution in [2.75, 3.05) is 63.1 Å². The molecule has 3 heterocycles. The van der Waals surface area contributed by atoms with Gasteiger partial charge in [-0.2, -0.15) is 9.97 Å². The Balaban J connectivity index is 1.53. The highest BCUT2D eigenvalue weighted by molar-refractivity contribution is 5.52. The number of aromatic nitrogens is 2. The number of hydrogen-bond donors (Lipinski definition) is 2. The fraction of sp³-hybridized carbons (Fsp3) is 0.630. The molecule has 1 atom stereocenters. The van der Waals surface area contributed by atoms with E-state index in [1.54, 1.807) is 0 Å². The lowest BCUT2D eigenvalue weighted by atomic mass is 9.83. The number of anilines is 2. The van der Waals surface area contributed by atoms with Crippen molar-refractivity contribution in [2.24, 2.45) is 5.41 Å². The normalized spacial score (nSPS) is 21.1. The van der Waals surface area contributed by atoms with Gasteiger partial charge in [-0.05, 0) is 64.4 Å². The first-order valence-electron chi connectivity index (χ1n) is 13.0. The van der Waals surface area contributed by atoms with Gasteiger partial charge in [0, 0.05) is 42.8 Å². The molecular weight excluding hydrogens is 424 g/mol. The summed E-state index contributed by atoms with van der Waals surface area (Å²) in [6.45, 7) is 12.0. The molecule has 0 amide bonds. The van der Waals surface area contributed by atoms with E-state index in [4.69, 9.17) is 14.7 Å². The molecule has 34 heavy (non-hydrogen) atoms. The van der Waals surface area contributed by atoms with Gasteiger partial charge in [0.05, 0.1) is 18.8 Å². The van der Waals surface area contributed by atoms with Crippen molar-refractivity contribution in [3.8, 4) is 6.01 Å². The van der Waals surface area contributed by atoms with Crippen molar-refractivity contribution >= 4 is 11.5 Å². The highest BCUT2D eigenvalue weighted by Crippen LogP contribution is 2.31. The van der Waals surface area contributed by atoms with Gasteiger partial charge in [0.25, 0.3) is 0 Å². The molecule has 2 aromatic rings. The van der Waals surface area contributed by atoms with Gasteiger partial charge in [0.1, 0.15) is 5.82 Å². The van der Waals surface area contributed by atoms with Crippen LogP contribution in [0.1, 0.15) is 50.8 Å². The van der Waals surface area contributed by atoms with E-state index in [0.717, 1.165) is 70.0 Å². The number of piperidine rings is 1. The highest BCUT2D eigenvalue weighted by atomic mass is 16.5. The van der Waals surface area contributed by atoms with Crippen LogP contribution in [0.15, 0.2) is 30.3 Å². The van der Waals surface area contributed by atoms with Crippen LogP contribution in [-0.4, -0.2) is 67.8 Å². The van der Waals surface area contributed by atoms with Crippen molar-refractivity contribution in [2.45, 2.75) is 52.5 Å². The van der Waals surface area contributed by atoms with Crippen LogP contribution in [0.25, 0.3) is 0 Å². The zero-order valence-electron chi connectivity index (χ0n) is 21.3. The summed E-state index contributed by atoms with van der Waals surface area (Å²) < 4.78 is 6.31. The van der Waals surface area contributed by atoms with Gasteiger partial charge in [-0.25, -0.2) is 0 Å². The van der Waals surface area contributed by atoms with Crippen LogP contribution in [0.2, 0.25) is 0 Å². The van der Waals surface area contributed by atoms with Crippen LogP contribution in [0.5, 0.6) is 6.01 Å². The largest absolute Gasteiger partial charge is 0.463 e. The van der Waals surface area contributed by atoms with Crippen LogP contribution < -0.4 is 20.3 Å². The lowest BCUT2D eigenvalue weighted by Crippen LogP contribution is -2.42. The molecule has 7 heteroatoms. The number of ether oxygens (including phenoxy) is 1. The zero-order chi connectivity index (χ0) is 23.8. The topological polar surface area (TPSA) is 65.6 Å². The first-order valence-corrected chi connectivity index (χ1v) is 13.0. The third kappa shape index (κ3) is 6.60. The second kappa shape index (κ2) is 11.8. The maximum absolute atomic E-state index is 6.31. The summed E-state index contributed by atoms with van der Waals surface area (Å²) in [4.78, 5) is 14.7. The Morgan fingerprint density at radius 2 is 1.91 bits per heavy atom. The molecule has 0 aliphatic carbocycles. The van der Waals surface area contributed by atoms with Gasteiger partial charge < -0.3 is 25.2 Å². The molecule has 2 aliphatic heterocycles. The highest BCUT2D eigenvalue weighted by Gasteiger charge is 2.31. The molecule has 1 saturated heterocycles. The first kappa shape index (κ1) is 24.7. The van der Waals surface area contributed by atoms with E-state index in [0.29, 0.717) is 12.6 Å². The summed E-state index contributed by atoms with van der Waals surface area (Å²) >= 11 is 0. The Morgan fingerprint density at radius 3 is 2.71 bits per heavy atom. The lowest BCUT2D eigenvalue weighted by Gasteiger charge is -2.38. The molecule has 0 radical (unpaired) electrons. The van der Waals surface area contributed by atoms with Gasteiger partial charge in [-0.1, -0.05) is 32.0 Å². The Labute approximate surface area is 205 Å². The molecule has 2 N–H and O–H groups in total. The molecule has 0 unspecified atom stereocenters. The number of para-hydroxylation sites is 1. The predicted molar refractivity (Wildman–Crippen MR) is 140 cm³/mol. The molecule has 0 saturated carbocycles. The van der Waals surface area contributed by atoms with Crippen LogP contribution in [0.3, 0.4) is 0 Å². The van der Waals surface area contributed by atoms with Crippen LogP contribution in [0.4, 0.5) is 11.5 Å². The zero-order valence-corrected chi connectivity index (χ0v) is 21.3. The lowest BCUT2D eigenvalue weighted by molar-refractivity contribution is 0.0658. The molecule has 2 aliphatic rings. The van der Waals surface area contributed by atoms with E-state index in [9.17, 15) is 0 Å². The number of benzene rings is 1. The summed E-state index contributed by atoms with van der Waals surface area (Å²) in [6.07, 6.45) is 5.60. The summed E-state index contributed by atoms with van der Waals surface area (Å²) in [7, 11) is 2.20. The maximum atomic E-state index is 6.31. The van der Waals surface area contributed by atoms with Crippen LogP contribution >= 0.6 is 0 Å². The standard InChI is InChI=1S/C27H42N6O/c1-4-14-28-15-16-29-25-23-12-8-18-33(22-10-6-5-7-11-22)19-24(23)30-26(31-25)34-21-27(2)13-9-17-32(3)20-27/h5-7,10-11,28H,4,8-9,12-21H2,1-3H3,(H,29,30,31)/t27-/m1/s1. The summed E-state index contributed by atoms with van der Waals surface area (Å²) in [5.41, 5.74) is 3.70. The minimum absolute atomic E-state index is 0.136. The van der Waals surface area contributed by atoms with E-state index in [1.165, 1.54) is 30.6 Å². The first-order chi connectivity index (χ1) is 16.6. The number of fused-ring (bicyclic) bond motifs is 1. The fourth-order valence-corrected chi connectivity index (χ4v) is 5.19. The molecule has 1 aromatic carbocycles. The van der Waals surface area contributed by atoms with Crippen molar-refractivity contribution in [3.05, 3.63) is 41.6 Å². The molecule has 4 rings (SSSR count). The quantitative estimate of drug-likeness (QED) is 0.514. The fourth-order valence-electron chi connectivity index (χ4n) is 5.19. The molecular formula is C27H42N6O. The molecule has 1 fully saturated rings. The Morgan fingerprint density at radius 1 is 1.06 bits per heavy atom. The monoisotopic (exact) mass is 466 g/mol. The predicted octanol–water partition coefficient (Wildman–Crippen LogP) is 3.95. The smallest absolute Gasteiger partial charge is 0.318 e. The number of likely N-dealkylation sites (tertiary alicyclic amines) is 1. The number of nitrogens with one attached hydrogen (secondary N) is 2. The molecule has 0 spiro atoms. The SMILES string of the molecule is CCCNCCNc1nc(OC[C@]2(C)CCCN(C)C2)nc2c1CCCN(c1ccccc1)C2. The third-order valence-corrected chi connectivity index (χ3v) is 6.93. The van der Waals surface area contributed by atoms with E-state index < -0.39 is 0 Å². The van der Waals surface area contributed by atoms with E-state index >= 15 is 0 Å². The molecule has 1 aromatic heterocycles. The summed E-state index contributed by atoms with van der Waals surface area (Å²) in [5, 5.41) is 7.06. The van der Waals surface area contributed by atoms with Gasteiger partial charge in [-0.15, -0.1) is 0 Å². The van der Waals surface area contributed by atoms with E-state index in [-0.39, 0.29) is 5.41 Å². The second-order valence-corrected chi connectivity index (χ2v) is 10.3. The second-order valence-electron chi connectivity index (χ2n) is 10.3. The average Bonchev–Trinajstić information content (AvgIpc) is 3.06. The Bertz CT molecular complexity index is 907. The maximum Gasteiger partial charge on any atom is 0.318 e. The minimum atomic E-state index is 0.136. The van der Waals surface area contributed by atoms with Crippen molar-refractivity contribution in [1.29, 1.82) is 0 Å². The van der Waals surface area contributed by atoms with Crippen molar-refractivity contribution < 1.29 is 4.74 Å². The van der Waals surface area contributed by atoms with E-state index in [2.05, 4.69) is 71.7 Å². The number of rotatable bonds is 10. The number of nitrogens with zero attached hydrogens (tertiary/aromatic N) is 4. The summed E-state index contributed by atoms with van der Waals surface area (Å²) in [5.74, 6) is 0.944. The van der Waals surface area contributed by atoms with Gasteiger partial charge >= 0.3 is 6.01 Å². The minimum Gasteiger partial charge on any atom is -0.463 e. The van der Waals surface area contributed by atoms with E-state index in [1.807, 2.05) is 0 Å². The van der Waals surface area contributed by atoms with Gasteiger partial charge in [0.2, 0.25) is 0 Å². The average molecular weight is 467 g/mol. The summed E-state index contributed by atoms with van der Waals surface area (Å²) in [6, 6.07) is 11.2. The van der Waals surface area contributed by atoms with Crippen LogP contribution in [0, 0.1) is 5.41 Å². The van der Waals surface area contributed by atoms with Crippen molar-refractivity contribution in [1.82, 2.24) is 20.2 Å².